The Morgan fingerprint density at radius 2 is 2.15 bits per heavy atom. The van der Waals surface area contributed by atoms with Crippen molar-refractivity contribution in [1.82, 2.24) is 9.80 Å². The summed E-state index contributed by atoms with van der Waals surface area (Å²) in [7, 11) is 0. The number of hydrogen-bond donors (Lipinski definition) is 1. The molecule has 2 aliphatic rings. The maximum Gasteiger partial charge on any atom is 0.294 e. The lowest BCUT2D eigenvalue weighted by Gasteiger charge is -2.37. The third kappa shape index (κ3) is 3.78. The standard InChI is InChI=1S/C13H20N2O5/c16-6-5-14-1-3-15(4-2-14)13(20-10-17)7-11-8-19-9-12(11)18/h8,10,13,16H,1-7,9H2. The molecular formula is C13H20N2O5. The summed E-state index contributed by atoms with van der Waals surface area (Å²) in [5, 5.41) is 8.91. The SMILES string of the molecule is O=COC(CC1=COCC1=O)N1CCN(CCO)CC1. The van der Waals surface area contributed by atoms with Crippen molar-refractivity contribution in [2.45, 2.75) is 12.6 Å². The van der Waals surface area contributed by atoms with Crippen LogP contribution in [0.2, 0.25) is 0 Å². The monoisotopic (exact) mass is 284 g/mol. The number of piperazine rings is 1. The Hall–Kier alpha value is -1.44. The van der Waals surface area contributed by atoms with Gasteiger partial charge in [-0.05, 0) is 0 Å². The molecule has 1 atom stereocenters. The minimum atomic E-state index is -0.430. The summed E-state index contributed by atoms with van der Waals surface area (Å²) < 4.78 is 10.1. The molecule has 7 heteroatoms. The molecule has 2 aliphatic heterocycles. The molecule has 0 amide bonds. The summed E-state index contributed by atoms with van der Waals surface area (Å²) in [4.78, 5) is 26.4. The summed E-state index contributed by atoms with van der Waals surface area (Å²) >= 11 is 0. The van der Waals surface area contributed by atoms with Crippen LogP contribution in [0.3, 0.4) is 0 Å². The summed E-state index contributed by atoms with van der Waals surface area (Å²) in [6.07, 6.45) is 1.38. The lowest BCUT2D eigenvalue weighted by atomic mass is 10.1. The van der Waals surface area contributed by atoms with Gasteiger partial charge in [0.15, 0.2) is 12.0 Å². The van der Waals surface area contributed by atoms with Crippen molar-refractivity contribution in [2.24, 2.45) is 0 Å². The molecule has 0 radical (unpaired) electrons. The number of Topliss-reactive ketones (excluding diaryl/α,β-unsaturated/α-hetero) is 1. The van der Waals surface area contributed by atoms with Crippen LogP contribution < -0.4 is 0 Å². The van der Waals surface area contributed by atoms with Gasteiger partial charge in [0.2, 0.25) is 0 Å². The summed E-state index contributed by atoms with van der Waals surface area (Å²) in [5.74, 6) is -0.0524. The first kappa shape index (κ1) is 15.0. The van der Waals surface area contributed by atoms with Crippen LogP contribution in [0.15, 0.2) is 11.8 Å². The zero-order chi connectivity index (χ0) is 14.4. The molecule has 7 nitrogen and oxygen atoms in total. The molecule has 2 rings (SSSR count). The van der Waals surface area contributed by atoms with E-state index in [-0.39, 0.29) is 19.0 Å². The fourth-order valence-corrected chi connectivity index (χ4v) is 2.47. The number of ketones is 1. The number of β-amino-alcohol motifs (C(OH)–C–C–N with tert-alkyl or cyclic N) is 1. The van der Waals surface area contributed by atoms with Gasteiger partial charge in [0.25, 0.3) is 6.47 Å². The van der Waals surface area contributed by atoms with Crippen LogP contribution in [0.4, 0.5) is 0 Å². The maximum absolute atomic E-state index is 11.5. The van der Waals surface area contributed by atoms with Crippen LogP contribution in [-0.2, 0) is 19.1 Å². The third-order valence-electron chi connectivity index (χ3n) is 3.64. The smallest absolute Gasteiger partial charge is 0.294 e. The number of hydrogen-bond acceptors (Lipinski definition) is 7. The van der Waals surface area contributed by atoms with Gasteiger partial charge in [-0.3, -0.25) is 19.4 Å². The van der Waals surface area contributed by atoms with Crippen LogP contribution >= 0.6 is 0 Å². The molecule has 0 aromatic carbocycles. The second-order valence-electron chi connectivity index (χ2n) is 4.87. The van der Waals surface area contributed by atoms with Crippen molar-refractivity contribution < 1.29 is 24.2 Å². The van der Waals surface area contributed by atoms with Gasteiger partial charge < -0.3 is 14.6 Å². The Morgan fingerprint density at radius 1 is 1.40 bits per heavy atom. The molecule has 0 spiro atoms. The van der Waals surface area contributed by atoms with Gasteiger partial charge in [-0.2, -0.15) is 0 Å². The largest absolute Gasteiger partial charge is 0.493 e. The number of rotatable bonds is 7. The third-order valence-corrected chi connectivity index (χ3v) is 3.64. The first-order valence-electron chi connectivity index (χ1n) is 6.75. The van der Waals surface area contributed by atoms with E-state index in [1.807, 2.05) is 4.90 Å². The van der Waals surface area contributed by atoms with Crippen LogP contribution in [0.1, 0.15) is 6.42 Å². The average molecular weight is 284 g/mol. The predicted octanol–water partition coefficient (Wildman–Crippen LogP) is -1.03. The van der Waals surface area contributed by atoms with E-state index >= 15 is 0 Å². The van der Waals surface area contributed by atoms with Gasteiger partial charge in [-0.25, -0.2) is 0 Å². The second kappa shape index (κ2) is 7.37. The van der Waals surface area contributed by atoms with Crippen molar-refractivity contribution in [1.29, 1.82) is 0 Å². The summed E-state index contributed by atoms with van der Waals surface area (Å²) in [5.41, 5.74) is 0.564. The van der Waals surface area contributed by atoms with E-state index in [9.17, 15) is 9.59 Å². The van der Waals surface area contributed by atoms with Gasteiger partial charge in [-0.1, -0.05) is 0 Å². The van der Waals surface area contributed by atoms with Crippen LogP contribution in [0.25, 0.3) is 0 Å². The summed E-state index contributed by atoms with van der Waals surface area (Å²) in [6, 6.07) is 0. The van der Waals surface area contributed by atoms with Gasteiger partial charge in [0.05, 0.1) is 12.9 Å². The number of ether oxygens (including phenoxy) is 2. The molecule has 0 aromatic heterocycles. The number of aliphatic hydroxyl groups excluding tert-OH is 1. The number of nitrogens with zero attached hydrogens (tertiary/aromatic N) is 2. The Bertz CT molecular complexity index is 377. The molecule has 1 N–H and O–H groups in total. The van der Waals surface area contributed by atoms with Crippen molar-refractivity contribution in [3.05, 3.63) is 11.8 Å². The fourth-order valence-electron chi connectivity index (χ4n) is 2.47. The van der Waals surface area contributed by atoms with Crippen LogP contribution in [0, 0.1) is 0 Å². The highest BCUT2D eigenvalue weighted by Crippen LogP contribution is 2.18. The van der Waals surface area contributed by atoms with Gasteiger partial charge in [0, 0.05) is 44.7 Å². The molecule has 0 aliphatic carbocycles. The number of carbonyl (C=O) groups excluding carboxylic acids is 2. The quantitative estimate of drug-likeness (QED) is 0.599. The lowest BCUT2D eigenvalue weighted by molar-refractivity contribution is -0.145. The van der Waals surface area contributed by atoms with E-state index in [2.05, 4.69) is 4.90 Å². The molecule has 20 heavy (non-hydrogen) atoms. The normalized spacial score (nSPS) is 22.2. The molecule has 2 heterocycles. The molecular weight excluding hydrogens is 264 g/mol. The molecule has 0 bridgehead atoms. The Kier molecular flexibility index (Phi) is 5.51. The topological polar surface area (TPSA) is 79.3 Å². The van der Waals surface area contributed by atoms with E-state index in [1.165, 1.54) is 6.26 Å². The Labute approximate surface area is 117 Å². The van der Waals surface area contributed by atoms with Crippen LogP contribution in [0.5, 0.6) is 0 Å². The maximum atomic E-state index is 11.5. The van der Waals surface area contributed by atoms with Gasteiger partial charge >= 0.3 is 0 Å². The average Bonchev–Trinajstić information content (AvgIpc) is 2.85. The summed E-state index contributed by atoms with van der Waals surface area (Å²) in [6.45, 7) is 4.39. The first-order valence-corrected chi connectivity index (χ1v) is 6.75. The number of carbonyl (C=O) groups is 2. The van der Waals surface area contributed by atoms with E-state index in [4.69, 9.17) is 14.6 Å². The van der Waals surface area contributed by atoms with E-state index in [1.54, 1.807) is 0 Å². The van der Waals surface area contributed by atoms with Crippen molar-refractivity contribution in [3.8, 4) is 0 Å². The Balaban J connectivity index is 1.89. The zero-order valence-electron chi connectivity index (χ0n) is 11.4. The number of aliphatic hydroxyl groups is 1. The molecule has 112 valence electrons. The fraction of sp³-hybridized carbons (Fsp3) is 0.692. The van der Waals surface area contributed by atoms with Crippen LogP contribution in [-0.4, -0.2) is 79.3 Å². The molecule has 1 unspecified atom stereocenters. The molecule has 1 saturated heterocycles. The molecule has 0 aromatic rings. The lowest BCUT2D eigenvalue weighted by Crippen LogP contribution is -2.51. The minimum absolute atomic E-state index is 0.0524. The predicted molar refractivity (Wildman–Crippen MR) is 69.7 cm³/mol. The highest BCUT2D eigenvalue weighted by Gasteiger charge is 2.28. The van der Waals surface area contributed by atoms with E-state index in [0.29, 0.717) is 25.0 Å². The zero-order valence-corrected chi connectivity index (χ0v) is 11.4. The minimum Gasteiger partial charge on any atom is -0.493 e. The van der Waals surface area contributed by atoms with E-state index < -0.39 is 6.23 Å². The second-order valence-corrected chi connectivity index (χ2v) is 4.87. The highest BCUT2D eigenvalue weighted by atomic mass is 16.5. The molecule has 0 saturated carbocycles. The van der Waals surface area contributed by atoms with Gasteiger partial charge in [0.1, 0.15) is 6.61 Å². The van der Waals surface area contributed by atoms with Gasteiger partial charge in [-0.15, -0.1) is 0 Å². The molecule has 1 fully saturated rings. The highest BCUT2D eigenvalue weighted by molar-refractivity contribution is 5.97. The first-order chi connectivity index (χ1) is 9.74. The Morgan fingerprint density at radius 3 is 2.70 bits per heavy atom. The van der Waals surface area contributed by atoms with E-state index in [0.717, 1.165) is 26.2 Å². The van der Waals surface area contributed by atoms with Crippen molar-refractivity contribution in [3.63, 3.8) is 0 Å². The van der Waals surface area contributed by atoms with Crippen molar-refractivity contribution in [2.75, 3.05) is 45.9 Å². The van der Waals surface area contributed by atoms with Crippen molar-refractivity contribution >= 4 is 12.3 Å².